The molecule has 1 aliphatic carbocycles. The quantitative estimate of drug-likeness (QED) is 0.325. The van der Waals surface area contributed by atoms with Crippen LogP contribution in [0.3, 0.4) is 0 Å². The van der Waals surface area contributed by atoms with Gasteiger partial charge in [0.25, 0.3) is 0 Å². The van der Waals surface area contributed by atoms with Crippen LogP contribution in [0.25, 0.3) is 0 Å². The van der Waals surface area contributed by atoms with Gasteiger partial charge in [-0.1, -0.05) is 6.42 Å². The summed E-state index contributed by atoms with van der Waals surface area (Å²) in [6, 6.07) is 0. The van der Waals surface area contributed by atoms with Crippen molar-refractivity contribution >= 4 is 0 Å². The van der Waals surface area contributed by atoms with Crippen molar-refractivity contribution in [2.24, 2.45) is 29.4 Å². The van der Waals surface area contributed by atoms with Gasteiger partial charge in [-0.3, -0.25) is 17.5 Å². The van der Waals surface area contributed by atoms with Crippen LogP contribution in [0.1, 0.15) is 19.3 Å². The largest absolute Gasteiger partial charge is 0.274 e. The first-order valence-corrected chi connectivity index (χ1v) is 4.19. The zero-order valence-corrected chi connectivity index (χ0v) is 6.87. The summed E-state index contributed by atoms with van der Waals surface area (Å²) in [5.41, 5.74) is 0. The molecular weight excluding hydrogens is 140 g/mol. The van der Waals surface area contributed by atoms with Crippen LogP contribution < -0.4 is 17.5 Å². The summed E-state index contributed by atoms with van der Waals surface area (Å²) in [6.45, 7) is 2.31. The van der Waals surface area contributed by atoms with Crippen LogP contribution in [-0.4, -0.2) is 18.1 Å². The van der Waals surface area contributed by atoms with Crippen LogP contribution in [0, 0.1) is 11.8 Å². The lowest BCUT2D eigenvalue weighted by atomic mass is 10.0. The number of hydrogen-bond donors (Lipinski definition) is 3. The Morgan fingerprint density at radius 2 is 1.45 bits per heavy atom. The van der Waals surface area contributed by atoms with E-state index in [1.54, 1.807) is 0 Å². The maximum Gasteiger partial charge on any atom is 0.0160 e. The van der Waals surface area contributed by atoms with Gasteiger partial charge in [0.05, 0.1) is 0 Å². The molecule has 2 unspecified atom stereocenters. The van der Waals surface area contributed by atoms with Crippen molar-refractivity contribution < 1.29 is 0 Å². The van der Waals surface area contributed by atoms with Gasteiger partial charge in [-0.25, -0.2) is 5.01 Å². The van der Waals surface area contributed by atoms with Gasteiger partial charge < -0.3 is 0 Å². The first kappa shape index (κ1) is 8.93. The van der Waals surface area contributed by atoms with Crippen LogP contribution in [0.4, 0.5) is 0 Å². The zero-order valence-electron chi connectivity index (χ0n) is 6.87. The molecule has 4 heteroatoms. The molecule has 1 heterocycles. The smallest absolute Gasteiger partial charge is 0.0160 e. The third-order valence-corrected chi connectivity index (χ3v) is 2.75. The van der Waals surface area contributed by atoms with Crippen molar-refractivity contribution in [3.63, 3.8) is 0 Å². The Morgan fingerprint density at radius 3 is 1.91 bits per heavy atom. The molecule has 2 rings (SSSR count). The third-order valence-electron chi connectivity index (χ3n) is 2.75. The molecule has 0 radical (unpaired) electrons. The maximum atomic E-state index is 5.66. The van der Waals surface area contributed by atoms with Gasteiger partial charge in [0.2, 0.25) is 0 Å². The second kappa shape index (κ2) is 4.01. The van der Waals surface area contributed by atoms with Crippen molar-refractivity contribution in [3.8, 4) is 0 Å². The summed E-state index contributed by atoms with van der Waals surface area (Å²) in [5.74, 6) is 15.6. The molecule has 2 fully saturated rings. The molecule has 2 aliphatic rings. The van der Waals surface area contributed by atoms with E-state index in [9.17, 15) is 0 Å². The van der Waals surface area contributed by atoms with Gasteiger partial charge in [-0.05, 0) is 24.7 Å². The normalized spacial score (nSPS) is 36.3. The van der Waals surface area contributed by atoms with Crippen LogP contribution >= 0.6 is 0 Å². The highest BCUT2D eigenvalue weighted by molar-refractivity contribution is 4.86. The van der Waals surface area contributed by atoms with Gasteiger partial charge in [-0.15, -0.1) is 0 Å². The molecule has 11 heavy (non-hydrogen) atoms. The van der Waals surface area contributed by atoms with E-state index in [2.05, 4.69) is 11.7 Å². The molecule has 6 N–H and O–H groups in total. The van der Waals surface area contributed by atoms with Crippen molar-refractivity contribution in [3.05, 3.63) is 0 Å². The molecule has 1 saturated heterocycles. The van der Waals surface area contributed by atoms with E-state index in [0.717, 1.165) is 24.9 Å². The molecule has 0 bridgehead atoms. The number of hydrazine groups is 2. The minimum Gasteiger partial charge on any atom is -0.274 e. The molecule has 0 aromatic carbocycles. The Balaban J connectivity index is 0.000000281. The van der Waals surface area contributed by atoms with Crippen molar-refractivity contribution in [2.45, 2.75) is 19.3 Å². The fourth-order valence-corrected chi connectivity index (χ4v) is 2.27. The van der Waals surface area contributed by atoms with Gasteiger partial charge in [0.15, 0.2) is 0 Å². The van der Waals surface area contributed by atoms with Crippen molar-refractivity contribution in [2.75, 3.05) is 13.1 Å². The lowest BCUT2D eigenvalue weighted by molar-refractivity contribution is 0.324. The average molecular weight is 158 g/mol. The van der Waals surface area contributed by atoms with E-state index >= 15 is 0 Å². The summed E-state index contributed by atoms with van der Waals surface area (Å²) < 4.78 is 0. The van der Waals surface area contributed by atoms with Crippen molar-refractivity contribution in [1.82, 2.24) is 5.01 Å². The molecule has 2 atom stereocenters. The van der Waals surface area contributed by atoms with E-state index in [0.29, 0.717) is 0 Å². The predicted octanol–water partition coefficient (Wildman–Crippen LogP) is -0.589. The molecule has 0 amide bonds. The third kappa shape index (κ3) is 1.90. The van der Waals surface area contributed by atoms with Gasteiger partial charge in [0, 0.05) is 13.1 Å². The van der Waals surface area contributed by atoms with E-state index in [1.807, 2.05) is 5.01 Å². The monoisotopic (exact) mass is 158 g/mol. The second-order valence-corrected chi connectivity index (χ2v) is 3.40. The van der Waals surface area contributed by atoms with Gasteiger partial charge in [0.1, 0.15) is 0 Å². The molecule has 1 aliphatic heterocycles. The van der Waals surface area contributed by atoms with E-state index in [1.165, 1.54) is 19.3 Å². The Labute approximate surface area is 67.6 Å². The lowest BCUT2D eigenvalue weighted by Crippen LogP contribution is -2.28. The Morgan fingerprint density at radius 1 is 1.00 bits per heavy atom. The zero-order chi connectivity index (χ0) is 8.27. The topological polar surface area (TPSA) is 81.3 Å². The van der Waals surface area contributed by atoms with E-state index in [-0.39, 0.29) is 0 Å². The number of hydrogen-bond acceptors (Lipinski definition) is 4. The summed E-state index contributed by atoms with van der Waals surface area (Å²) in [7, 11) is 0. The number of nitrogens with zero attached hydrogens (tertiary/aromatic N) is 1. The summed E-state index contributed by atoms with van der Waals surface area (Å²) in [5, 5.41) is 1.98. The Kier molecular flexibility index (Phi) is 3.26. The first-order valence-electron chi connectivity index (χ1n) is 4.19. The average Bonchev–Trinajstić information content (AvgIpc) is 2.51. The van der Waals surface area contributed by atoms with Gasteiger partial charge in [-0.2, -0.15) is 0 Å². The van der Waals surface area contributed by atoms with Crippen LogP contribution in [0.2, 0.25) is 0 Å². The molecule has 0 aromatic heterocycles. The Bertz CT molecular complexity index is 105. The SMILES string of the molecule is NN.NN1CC2CCCC2C1. The maximum absolute atomic E-state index is 5.66. The van der Waals surface area contributed by atoms with Gasteiger partial charge >= 0.3 is 0 Å². The molecule has 66 valence electrons. The number of fused-ring (bicyclic) bond motifs is 1. The lowest BCUT2D eigenvalue weighted by Gasteiger charge is -2.06. The first-order chi connectivity index (χ1) is 5.36. The predicted molar refractivity (Wildman–Crippen MR) is 45.0 cm³/mol. The fraction of sp³-hybridized carbons (Fsp3) is 1.00. The summed E-state index contributed by atoms with van der Waals surface area (Å²) in [4.78, 5) is 0. The molecule has 0 aromatic rings. The highest BCUT2D eigenvalue weighted by Crippen LogP contribution is 2.36. The molecule has 4 nitrogen and oxygen atoms in total. The molecular formula is C7H18N4. The molecule has 0 spiro atoms. The fourth-order valence-electron chi connectivity index (χ4n) is 2.27. The van der Waals surface area contributed by atoms with Crippen LogP contribution in [0.5, 0.6) is 0 Å². The van der Waals surface area contributed by atoms with E-state index < -0.39 is 0 Å². The standard InChI is InChI=1S/C7H14N2.H4N2/c8-9-4-6-2-1-3-7(6)5-9;1-2/h6-7H,1-5,8H2;1-2H2. The van der Waals surface area contributed by atoms with E-state index in [4.69, 9.17) is 5.84 Å². The minimum absolute atomic E-state index is 0.954. The highest BCUT2D eigenvalue weighted by Gasteiger charge is 2.34. The second-order valence-electron chi connectivity index (χ2n) is 3.40. The van der Waals surface area contributed by atoms with Crippen LogP contribution in [0.15, 0.2) is 0 Å². The van der Waals surface area contributed by atoms with Crippen molar-refractivity contribution in [1.29, 1.82) is 0 Å². The number of nitrogens with two attached hydrogens (primary N) is 3. The highest BCUT2D eigenvalue weighted by atomic mass is 15.4. The summed E-state index contributed by atoms with van der Waals surface area (Å²) >= 11 is 0. The molecule has 1 saturated carbocycles. The Hall–Kier alpha value is -0.160. The van der Waals surface area contributed by atoms with Crippen LogP contribution in [-0.2, 0) is 0 Å². The number of rotatable bonds is 0. The minimum atomic E-state index is 0.954. The summed E-state index contributed by atoms with van der Waals surface area (Å²) in [6.07, 6.45) is 4.31.